The van der Waals surface area contributed by atoms with Crippen molar-refractivity contribution in [2.24, 2.45) is 5.73 Å². The predicted molar refractivity (Wildman–Crippen MR) is 101 cm³/mol. The summed E-state index contributed by atoms with van der Waals surface area (Å²) in [5.41, 5.74) is 7.19. The largest absolute Gasteiger partial charge is 0.346 e. The third-order valence-electron chi connectivity index (χ3n) is 3.94. The molecule has 4 nitrogen and oxygen atoms in total. The first kappa shape index (κ1) is 18.9. The molecule has 2 unspecified atom stereocenters. The van der Waals surface area contributed by atoms with E-state index in [4.69, 9.17) is 22.3 Å². The Balaban J connectivity index is 2.17. The van der Waals surface area contributed by atoms with Gasteiger partial charge in [-0.1, -0.05) is 37.1 Å². The Morgan fingerprint density at radius 3 is 2.62 bits per heavy atom. The molecular formula is C18H24ClN3OS. The van der Waals surface area contributed by atoms with Crippen molar-refractivity contribution in [3.05, 3.63) is 39.2 Å². The van der Waals surface area contributed by atoms with Crippen molar-refractivity contribution in [2.45, 2.75) is 52.1 Å². The molecule has 2 atom stereocenters. The molecule has 3 N–H and O–H groups in total. The number of nitrogens with zero attached hydrogens (tertiary/aromatic N) is 1. The van der Waals surface area contributed by atoms with Crippen LogP contribution >= 0.6 is 22.9 Å². The Morgan fingerprint density at radius 1 is 1.42 bits per heavy atom. The van der Waals surface area contributed by atoms with Crippen LogP contribution in [0.2, 0.25) is 5.02 Å². The first-order chi connectivity index (χ1) is 11.2. The van der Waals surface area contributed by atoms with Gasteiger partial charge in [-0.25, -0.2) is 4.98 Å². The Morgan fingerprint density at radius 2 is 2.04 bits per heavy atom. The summed E-state index contributed by atoms with van der Waals surface area (Å²) in [6, 6.07) is 7.43. The molecule has 0 saturated heterocycles. The van der Waals surface area contributed by atoms with Crippen molar-refractivity contribution in [1.29, 1.82) is 0 Å². The molecule has 0 aliphatic carbocycles. The standard InChI is InChI=1S/C18H24ClN3OS/c1-5-10-18(4,20)17(23)21-11(2)16-22-15(12(3)24-16)13-6-8-14(19)9-7-13/h6-9,11H,5,10,20H2,1-4H3,(H,21,23). The number of hydrogen-bond acceptors (Lipinski definition) is 4. The first-order valence-corrected chi connectivity index (χ1v) is 9.27. The van der Waals surface area contributed by atoms with E-state index in [-0.39, 0.29) is 11.9 Å². The smallest absolute Gasteiger partial charge is 0.240 e. The number of amides is 1. The zero-order chi connectivity index (χ0) is 17.9. The van der Waals surface area contributed by atoms with E-state index < -0.39 is 5.54 Å². The molecule has 0 spiro atoms. The lowest BCUT2D eigenvalue weighted by Gasteiger charge is -2.24. The van der Waals surface area contributed by atoms with Crippen LogP contribution in [0.15, 0.2) is 24.3 Å². The predicted octanol–water partition coefficient (Wildman–Crippen LogP) is 4.47. The van der Waals surface area contributed by atoms with Crippen LogP contribution in [0.25, 0.3) is 11.3 Å². The summed E-state index contributed by atoms with van der Waals surface area (Å²) in [6.45, 7) is 7.75. The summed E-state index contributed by atoms with van der Waals surface area (Å²) in [6.07, 6.45) is 1.52. The first-order valence-electron chi connectivity index (χ1n) is 8.07. The van der Waals surface area contributed by atoms with Crippen LogP contribution in [0.3, 0.4) is 0 Å². The van der Waals surface area contributed by atoms with Gasteiger partial charge in [-0.15, -0.1) is 11.3 Å². The number of hydrogen-bond donors (Lipinski definition) is 2. The van der Waals surface area contributed by atoms with E-state index in [1.54, 1.807) is 18.3 Å². The lowest BCUT2D eigenvalue weighted by atomic mass is 9.96. The maximum atomic E-state index is 12.4. The minimum atomic E-state index is -0.853. The van der Waals surface area contributed by atoms with E-state index in [0.717, 1.165) is 27.6 Å². The van der Waals surface area contributed by atoms with Crippen LogP contribution in [0.1, 0.15) is 49.5 Å². The fourth-order valence-electron chi connectivity index (χ4n) is 2.53. The van der Waals surface area contributed by atoms with Gasteiger partial charge >= 0.3 is 0 Å². The zero-order valence-electron chi connectivity index (χ0n) is 14.5. The average molecular weight is 366 g/mol. The Labute approximate surface area is 152 Å². The molecular weight excluding hydrogens is 342 g/mol. The lowest BCUT2D eigenvalue weighted by molar-refractivity contribution is -0.126. The van der Waals surface area contributed by atoms with Crippen LogP contribution in [-0.4, -0.2) is 16.4 Å². The fourth-order valence-corrected chi connectivity index (χ4v) is 3.61. The molecule has 1 heterocycles. The normalized spacial score (nSPS) is 14.9. The van der Waals surface area contributed by atoms with E-state index in [1.165, 1.54) is 0 Å². The molecule has 1 amide bonds. The van der Waals surface area contributed by atoms with Crippen molar-refractivity contribution in [1.82, 2.24) is 10.3 Å². The Kier molecular flexibility index (Phi) is 6.01. The second kappa shape index (κ2) is 7.64. The number of benzene rings is 1. The number of nitrogens with two attached hydrogens (primary N) is 1. The van der Waals surface area contributed by atoms with Crippen molar-refractivity contribution in [2.75, 3.05) is 0 Å². The van der Waals surface area contributed by atoms with Gasteiger partial charge in [-0.05, 0) is 39.3 Å². The van der Waals surface area contributed by atoms with Gasteiger partial charge in [-0.2, -0.15) is 0 Å². The SMILES string of the molecule is CCCC(C)(N)C(=O)NC(C)c1nc(-c2ccc(Cl)cc2)c(C)s1. The summed E-state index contributed by atoms with van der Waals surface area (Å²) in [5.74, 6) is -0.141. The number of rotatable bonds is 6. The molecule has 6 heteroatoms. The van der Waals surface area contributed by atoms with E-state index in [2.05, 4.69) is 5.32 Å². The van der Waals surface area contributed by atoms with Crippen LogP contribution in [0, 0.1) is 6.92 Å². The van der Waals surface area contributed by atoms with Crippen molar-refractivity contribution in [3.8, 4) is 11.3 Å². The summed E-state index contributed by atoms with van der Waals surface area (Å²) in [4.78, 5) is 18.2. The number of halogens is 1. The van der Waals surface area contributed by atoms with Crippen LogP contribution in [-0.2, 0) is 4.79 Å². The third kappa shape index (κ3) is 4.35. The highest BCUT2D eigenvalue weighted by molar-refractivity contribution is 7.12. The van der Waals surface area contributed by atoms with Gasteiger partial charge in [0.1, 0.15) is 5.01 Å². The molecule has 0 bridgehead atoms. The number of aryl methyl sites for hydroxylation is 1. The summed E-state index contributed by atoms with van der Waals surface area (Å²) >= 11 is 7.53. The molecule has 1 aromatic carbocycles. The van der Waals surface area contributed by atoms with Gasteiger partial charge in [-0.3, -0.25) is 4.79 Å². The van der Waals surface area contributed by atoms with Gasteiger partial charge in [0.25, 0.3) is 0 Å². The van der Waals surface area contributed by atoms with Crippen molar-refractivity contribution >= 4 is 28.8 Å². The van der Waals surface area contributed by atoms with E-state index in [9.17, 15) is 4.79 Å². The molecule has 2 aromatic rings. The van der Waals surface area contributed by atoms with Crippen molar-refractivity contribution < 1.29 is 4.79 Å². The molecule has 1 aromatic heterocycles. The van der Waals surface area contributed by atoms with E-state index in [1.807, 2.05) is 45.0 Å². The van der Waals surface area contributed by atoms with Crippen LogP contribution < -0.4 is 11.1 Å². The molecule has 0 radical (unpaired) electrons. The van der Waals surface area contributed by atoms with Gasteiger partial charge in [0, 0.05) is 15.5 Å². The minimum Gasteiger partial charge on any atom is -0.346 e. The number of carbonyl (C=O) groups excluding carboxylic acids is 1. The van der Waals surface area contributed by atoms with Crippen molar-refractivity contribution in [3.63, 3.8) is 0 Å². The molecule has 24 heavy (non-hydrogen) atoms. The zero-order valence-corrected chi connectivity index (χ0v) is 16.1. The maximum Gasteiger partial charge on any atom is 0.240 e. The monoisotopic (exact) mass is 365 g/mol. The second-order valence-electron chi connectivity index (χ2n) is 6.33. The third-order valence-corrected chi connectivity index (χ3v) is 5.34. The van der Waals surface area contributed by atoms with E-state index in [0.29, 0.717) is 11.4 Å². The molecule has 0 aliphatic rings. The summed E-state index contributed by atoms with van der Waals surface area (Å²) in [5, 5.41) is 4.56. The number of thiazole rings is 1. The Hall–Kier alpha value is -1.43. The molecule has 0 saturated carbocycles. The van der Waals surface area contributed by atoms with Gasteiger partial charge in [0.15, 0.2) is 0 Å². The fraction of sp³-hybridized carbons (Fsp3) is 0.444. The number of aromatic nitrogens is 1. The molecule has 2 rings (SSSR count). The van der Waals surface area contributed by atoms with Gasteiger partial charge in [0.2, 0.25) is 5.91 Å². The topological polar surface area (TPSA) is 68.0 Å². The second-order valence-corrected chi connectivity index (χ2v) is 8.00. The molecule has 130 valence electrons. The average Bonchev–Trinajstić information content (AvgIpc) is 2.90. The van der Waals surface area contributed by atoms with Gasteiger partial charge < -0.3 is 11.1 Å². The highest BCUT2D eigenvalue weighted by Gasteiger charge is 2.29. The highest BCUT2D eigenvalue weighted by Crippen LogP contribution is 2.31. The minimum absolute atomic E-state index is 0.141. The quantitative estimate of drug-likeness (QED) is 0.793. The number of carbonyl (C=O) groups is 1. The van der Waals surface area contributed by atoms with Crippen LogP contribution in [0.4, 0.5) is 0 Å². The number of nitrogens with one attached hydrogen (secondary N) is 1. The van der Waals surface area contributed by atoms with Gasteiger partial charge in [0.05, 0.1) is 17.3 Å². The summed E-state index contributed by atoms with van der Waals surface area (Å²) in [7, 11) is 0. The van der Waals surface area contributed by atoms with E-state index >= 15 is 0 Å². The summed E-state index contributed by atoms with van der Waals surface area (Å²) < 4.78 is 0. The Bertz CT molecular complexity index is 710. The maximum absolute atomic E-state index is 12.4. The molecule has 0 aliphatic heterocycles. The van der Waals surface area contributed by atoms with Crippen LogP contribution in [0.5, 0.6) is 0 Å². The lowest BCUT2D eigenvalue weighted by Crippen LogP contribution is -2.52. The molecule has 0 fully saturated rings. The highest BCUT2D eigenvalue weighted by atomic mass is 35.5.